The van der Waals surface area contributed by atoms with Crippen molar-refractivity contribution in [1.29, 1.82) is 0 Å². The van der Waals surface area contributed by atoms with Gasteiger partial charge in [-0.05, 0) is 29.5 Å². The van der Waals surface area contributed by atoms with Crippen LogP contribution in [0.3, 0.4) is 0 Å². The Kier molecular flexibility index (Phi) is 3.23. The van der Waals surface area contributed by atoms with Gasteiger partial charge in [0.1, 0.15) is 0 Å². The predicted octanol–water partition coefficient (Wildman–Crippen LogP) is 0.404. The van der Waals surface area contributed by atoms with Crippen LogP contribution in [0.4, 0.5) is 0 Å². The number of carboxylic acid groups (broad SMARTS) is 1. The highest BCUT2D eigenvalue weighted by molar-refractivity contribution is 8.42. The number of nitrogens with zero attached hydrogens (tertiary/aromatic N) is 3. The molecule has 1 aromatic carbocycles. The number of hydrogen-bond acceptors (Lipinski definition) is 7. The lowest BCUT2D eigenvalue weighted by atomic mass is 10.1. The van der Waals surface area contributed by atoms with Crippen LogP contribution in [0.5, 0.6) is 0 Å². The maximum absolute atomic E-state index is 11.2. The molecule has 21 heavy (non-hydrogen) atoms. The lowest BCUT2D eigenvalue weighted by Gasteiger charge is -2.09. The molecule has 2 aliphatic rings. The zero-order valence-electron chi connectivity index (χ0n) is 10.5. The van der Waals surface area contributed by atoms with E-state index in [0.29, 0.717) is 11.7 Å². The third-order valence-electron chi connectivity index (χ3n) is 3.00. The Labute approximate surface area is 124 Å². The smallest absolute Gasteiger partial charge is 0.335 e. The lowest BCUT2D eigenvalue weighted by molar-refractivity contribution is 0.0697. The van der Waals surface area contributed by atoms with Crippen molar-refractivity contribution in [2.75, 3.05) is 6.54 Å². The molecule has 0 saturated heterocycles. The normalized spacial score (nSPS) is 21.0. The predicted molar refractivity (Wildman–Crippen MR) is 78.4 cm³/mol. The molecule has 0 aliphatic carbocycles. The van der Waals surface area contributed by atoms with Gasteiger partial charge in [-0.1, -0.05) is 12.1 Å². The second-order valence-corrected chi connectivity index (χ2v) is 7.14. The van der Waals surface area contributed by atoms with Gasteiger partial charge in [-0.25, -0.2) is 23.4 Å². The highest BCUT2D eigenvalue weighted by atomic mass is 32.3. The number of aromatic carboxylic acids is 1. The summed E-state index contributed by atoms with van der Waals surface area (Å²) < 4.78 is 22.2. The van der Waals surface area contributed by atoms with Crippen molar-refractivity contribution in [2.45, 2.75) is 6.04 Å². The largest absolute Gasteiger partial charge is 0.478 e. The fraction of sp³-hybridized carbons (Fsp3) is 0.182. The van der Waals surface area contributed by atoms with Gasteiger partial charge in [-0.15, -0.1) is 5.10 Å². The zero-order valence-corrected chi connectivity index (χ0v) is 12.1. The van der Waals surface area contributed by atoms with E-state index in [-0.39, 0.29) is 16.0 Å². The number of thioether (sulfide) groups is 1. The number of hydrazone groups is 1. The summed E-state index contributed by atoms with van der Waals surface area (Å²) in [6.07, 6.45) is 0. The van der Waals surface area contributed by atoms with Crippen molar-refractivity contribution in [3.63, 3.8) is 0 Å². The first-order chi connectivity index (χ1) is 9.84. The first-order valence-electron chi connectivity index (χ1n) is 5.82. The molecular formula is C11H10N4O4S2. The minimum absolute atomic E-state index is 0.166. The van der Waals surface area contributed by atoms with Gasteiger partial charge >= 0.3 is 5.97 Å². The molecule has 0 bridgehead atoms. The second-order valence-electron chi connectivity index (χ2n) is 4.45. The molecular weight excluding hydrogens is 316 g/mol. The standard InChI is InChI=1S/C11H10N4O4S2/c12-21(18,19)11-14-15-5-8(13-10(15)20-11)6-1-3-7(4-2-6)9(16)17/h1-4,8H,5H2,(H,16,17)(H2,12,18,19). The monoisotopic (exact) mass is 326 g/mol. The lowest BCUT2D eigenvalue weighted by Crippen LogP contribution is -2.20. The van der Waals surface area contributed by atoms with Gasteiger partial charge in [0.2, 0.25) is 4.38 Å². The zero-order chi connectivity index (χ0) is 15.2. The van der Waals surface area contributed by atoms with Crippen molar-refractivity contribution < 1.29 is 18.3 Å². The van der Waals surface area contributed by atoms with E-state index in [1.165, 1.54) is 17.1 Å². The Morgan fingerprint density at radius 2 is 2.05 bits per heavy atom. The number of fused-ring (bicyclic) bond motifs is 1. The molecule has 3 rings (SSSR count). The molecule has 0 spiro atoms. The van der Waals surface area contributed by atoms with Crippen LogP contribution in [0.15, 0.2) is 34.4 Å². The van der Waals surface area contributed by atoms with Crippen LogP contribution in [-0.4, -0.2) is 40.6 Å². The molecule has 1 unspecified atom stereocenters. The molecule has 2 heterocycles. The third-order valence-corrected chi connectivity index (χ3v) is 5.27. The van der Waals surface area contributed by atoms with E-state index in [9.17, 15) is 13.2 Å². The Bertz CT molecular complexity index is 770. The molecule has 0 aromatic heterocycles. The van der Waals surface area contributed by atoms with Crippen LogP contribution >= 0.6 is 11.8 Å². The quantitative estimate of drug-likeness (QED) is 0.810. The van der Waals surface area contributed by atoms with E-state index in [4.69, 9.17) is 10.2 Å². The number of nitrogens with two attached hydrogens (primary N) is 1. The van der Waals surface area contributed by atoms with E-state index in [1.807, 2.05) is 0 Å². The molecule has 0 amide bonds. The van der Waals surface area contributed by atoms with Crippen molar-refractivity contribution in [3.05, 3.63) is 35.4 Å². The summed E-state index contributed by atoms with van der Waals surface area (Å²) >= 11 is 0.914. The highest BCUT2D eigenvalue weighted by Gasteiger charge is 2.36. The average molecular weight is 326 g/mol. The van der Waals surface area contributed by atoms with E-state index >= 15 is 0 Å². The summed E-state index contributed by atoms with van der Waals surface area (Å²) in [5.41, 5.74) is 1.05. The van der Waals surface area contributed by atoms with E-state index in [2.05, 4.69) is 10.1 Å². The van der Waals surface area contributed by atoms with Gasteiger partial charge in [0.15, 0.2) is 5.17 Å². The van der Waals surface area contributed by atoms with Gasteiger partial charge in [0, 0.05) is 0 Å². The number of carboxylic acids is 1. The van der Waals surface area contributed by atoms with Gasteiger partial charge in [-0.2, -0.15) is 0 Å². The molecule has 1 aromatic rings. The van der Waals surface area contributed by atoms with E-state index in [0.717, 1.165) is 17.3 Å². The van der Waals surface area contributed by atoms with E-state index < -0.39 is 16.0 Å². The summed E-state index contributed by atoms with van der Waals surface area (Å²) in [7, 11) is -3.82. The summed E-state index contributed by atoms with van der Waals surface area (Å²) in [6.45, 7) is 0.397. The molecule has 0 saturated carbocycles. The Morgan fingerprint density at radius 3 is 2.57 bits per heavy atom. The summed E-state index contributed by atoms with van der Waals surface area (Å²) in [5, 5.41) is 19.8. The summed E-state index contributed by atoms with van der Waals surface area (Å²) in [5.74, 6) is -0.988. The number of primary sulfonamides is 1. The molecule has 0 fully saturated rings. The topological polar surface area (TPSA) is 125 Å². The minimum Gasteiger partial charge on any atom is -0.478 e. The molecule has 0 radical (unpaired) electrons. The Balaban J connectivity index is 1.78. The first kappa shape index (κ1) is 14.0. The minimum atomic E-state index is -3.82. The average Bonchev–Trinajstić information content (AvgIpc) is 2.96. The van der Waals surface area contributed by atoms with Crippen molar-refractivity contribution in [2.24, 2.45) is 15.2 Å². The van der Waals surface area contributed by atoms with E-state index in [1.54, 1.807) is 12.1 Å². The first-order valence-corrected chi connectivity index (χ1v) is 8.19. The molecule has 10 heteroatoms. The van der Waals surface area contributed by atoms with Crippen molar-refractivity contribution in [1.82, 2.24) is 5.01 Å². The number of carbonyl (C=O) groups is 1. The Hall–Kier alpha value is -1.91. The van der Waals surface area contributed by atoms with Gasteiger partial charge in [-0.3, -0.25) is 4.99 Å². The maximum Gasteiger partial charge on any atom is 0.335 e. The number of rotatable bonds is 2. The number of aliphatic imine (C=N–C) groups is 1. The molecule has 2 aliphatic heterocycles. The summed E-state index contributed by atoms with van der Waals surface area (Å²) in [4.78, 5) is 15.2. The summed E-state index contributed by atoms with van der Waals surface area (Å²) in [6, 6.07) is 6.19. The molecule has 1 atom stereocenters. The number of sulfonamides is 1. The number of hydrogen-bond donors (Lipinski definition) is 2. The molecule has 110 valence electrons. The Morgan fingerprint density at radius 1 is 1.38 bits per heavy atom. The van der Waals surface area contributed by atoms with Crippen molar-refractivity contribution >= 4 is 37.3 Å². The van der Waals surface area contributed by atoms with Gasteiger partial charge in [0.05, 0.1) is 18.2 Å². The molecule has 8 nitrogen and oxygen atoms in total. The fourth-order valence-electron chi connectivity index (χ4n) is 1.99. The maximum atomic E-state index is 11.2. The SMILES string of the molecule is NS(=O)(=O)C1=NN2CC(c3ccc(C(=O)O)cc3)N=C2S1. The van der Waals surface area contributed by atoms with Crippen LogP contribution in [0, 0.1) is 0 Å². The third kappa shape index (κ3) is 2.64. The molecule has 3 N–H and O–H groups in total. The second kappa shape index (κ2) is 4.83. The van der Waals surface area contributed by atoms with Gasteiger partial charge in [0.25, 0.3) is 10.0 Å². The van der Waals surface area contributed by atoms with Crippen LogP contribution in [0.1, 0.15) is 22.0 Å². The highest BCUT2D eigenvalue weighted by Crippen LogP contribution is 2.34. The van der Waals surface area contributed by atoms with Crippen molar-refractivity contribution in [3.8, 4) is 0 Å². The van der Waals surface area contributed by atoms with Crippen LogP contribution < -0.4 is 5.14 Å². The van der Waals surface area contributed by atoms with Crippen LogP contribution in [-0.2, 0) is 10.0 Å². The van der Waals surface area contributed by atoms with Crippen LogP contribution in [0.2, 0.25) is 0 Å². The number of amidine groups is 1. The van der Waals surface area contributed by atoms with Crippen LogP contribution in [0.25, 0.3) is 0 Å². The van der Waals surface area contributed by atoms with Gasteiger partial charge < -0.3 is 5.11 Å². The number of benzene rings is 1. The fourth-order valence-corrected chi connectivity index (χ4v) is 3.58.